The molecule has 0 aromatic heterocycles. The molecule has 0 aromatic carbocycles. The van der Waals surface area contributed by atoms with Crippen LogP contribution in [0, 0.1) is 0 Å². The third-order valence-electron chi connectivity index (χ3n) is 19.2. The smallest absolute Gasteiger partial charge is 0.305 e. The molecule has 0 saturated heterocycles. The lowest BCUT2D eigenvalue weighted by Gasteiger charge is -2.20. The largest absolute Gasteiger partial charge is 0.466 e. The number of aliphatic hydroxyl groups excluding tert-OH is 2. The molecule has 0 fully saturated rings. The summed E-state index contributed by atoms with van der Waals surface area (Å²) < 4.78 is 5.51. The number of aliphatic hydroxyl groups is 2. The van der Waals surface area contributed by atoms with Gasteiger partial charge < -0.3 is 20.3 Å². The van der Waals surface area contributed by atoms with E-state index in [2.05, 4.69) is 31.3 Å². The third-order valence-corrected chi connectivity index (χ3v) is 19.2. The number of rotatable bonds is 77. The highest BCUT2D eigenvalue weighted by atomic mass is 16.5. The number of carbonyl (C=O) groups is 2. The van der Waals surface area contributed by atoms with Crippen molar-refractivity contribution in [2.45, 2.75) is 475 Å². The Morgan fingerprint density at radius 2 is 0.534 bits per heavy atom. The fraction of sp³-hybridized carbons (Fsp3) is 0.927. The Morgan fingerprint density at radius 3 is 0.807 bits per heavy atom. The van der Waals surface area contributed by atoms with E-state index < -0.39 is 12.1 Å². The van der Waals surface area contributed by atoms with E-state index in [4.69, 9.17) is 4.74 Å². The van der Waals surface area contributed by atoms with Gasteiger partial charge in [-0.05, 0) is 57.8 Å². The normalized spacial score (nSPS) is 12.5. The van der Waals surface area contributed by atoms with E-state index in [0.717, 1.165) is 38.5 Å². The first-order valence-electron chi connectivity index (χ1n) is 40.6. The average Bonchev–Trinajstić information content (AvgIpc) is 3.58. The summed E-state index contributed by atoms with van der Waals surface area (Å²) in [5.41, 5.74) is 0. The highest BCUT2D eigenvalue weighted by Gasteiger charge is 2.18. The SMILES string of the molecule is CCCCCCCCCCCCCCCCCCCCCCCC/C=C/C(O)C(CO)NC(=O)CCCCCCCCCCCCCCCCCC/C=C\CCCCCCCCCCCCCCOC(=O)CCCCCCCCCCCCCCCCC. The van der Waals surface area contributed by atoms with Crippen LogP contribution in [0.2, 0.25) is 0 Å². The van der Waals surface area contributed by atoms with Crippen molar-refractivity contribution in [2.75, 3.05) is 13.2 Å². The fourth-order valence-corrected chi connectivity index (χ4v) is 13.0. The number of nitrogens with one attached hydrogen (secondary N) is 1. The highest BCUT2D eigenvalue weighted by molar-refractivity contribution is 5.76. The van der Waals surface area contributed by atoms with Crippen LogP contribution in [-0.4, -0.2) is 47.4 Å². The summed E-state index contributed by atoms with van der Waals surface area (Å²) in [5, 5.41) is 23.3. The maximum Gasteiger partial charge on any atom is 0.305 e. The van der Waals surface area contributed by atoms with Crippen LogP contribution >= 0.6 is 0 Å². The molecule has 88 heavy (non-hydrogen) atoms. The number of ether oxygens (including phenoxy) is 1. The van der Waals surface area contributed by atoms with Crippen LogP contribution < -0.4 is 5.32 Å². The zero-order chi connectivity index (χ0) is 63.5. The minimum atomic E-state index is -0.844. The molecule has 0 aliphatic heterocycles. The lowest BCUT2D eigenvalue weighted by Crippen LogP contribution is -2.45. The number of hydrogen-bond acceptors (Lipinski definition) is 5. The molecule has 0 aromatic rings. The van der Waals surface area contributed by atoms with E-state index in [1.54, 1.807) is 6.08 Å². The van der Waals surface area contributed by atoms with Gasteiger partial charge in [-0.15, -0.1) is 0 Å². The van der Waals surface area contributed by atoms with E-state index >= 15 is 0 Å². The Labute approximate surface area is 551 Å². The molecule has 1 amide bonds. The van der Waals surface area contributed by atoms with Gasteiger partial charge in [-0.3, -0.25) is 9.59 Å². The Morgan fingerprint density at radius 1 is 0.307 bits per heavy atom. The van der Waals surface area contributed by atoms with Gasteiger partial charge in [0.25, 0.3) is 0 Å². The topological polar surface area (TPSA) is 95.9 Å². The second-order valence-corrected chi connectivity index (χ2v) is 28.1. The zero-order valence-electron chi connectivity index (χ0n) is 60.0. The maximum absolute atomic E-state index is 12.6. The average molecular weight is 1240 g/mol. The number of hydrogen-bond donors (Lipinski definition) is 3. The van der Waals surface area contributed by atoms with Gasteiger partial charge in [-0.1, -0.05) is 417 Å². The van der Waals surface area contributed by atoms with Gasteiger partial charge in [0.15, 0.2) is 0 Å². The number of allylic oxidation sites excluding steroid dienone is 3. The molecular weight excluding hydrogens is 1080 g/mol. The number of amides is 1. The molecule has 0 saturated carbocycles. The van der Waals surface area contributed by atoms with Crippen molar-refractivity contribution in [3.63, 3.8) is 0 Å². The second-order valence-electron chi connectivity index (χ2n) is 28.1. The maximum atomic E-state index is 12.6. The van der Waals surface area contributed by atoms with Gasteiger partial charge in [0, 0.05) is 12.8 Å². The molecule has 0 radical (unpaired) electrons. The van der Waals surface area contributed by atoms with Crippen LogP contribution in [-0.2, 0) is 14.3 Å². The van der Waals surface area contributed by atoms with Crippen molar-refractivity contribution in [1.29, 1.82) is 0 Å². The summed E-state index contributed by atoms with van der Waals surface area (Å²) in [4.78, 5) is 24.6. The summed E-state index contributed by atoms with van der Waals surface area (Å²) >= 11 is 0. The molecular formula is C82H159NO5. The van der Waals surface area contributed by atoms with Crippen molar-refractivity contribution in [1.82, 2.24) is 5.32 Å². The number of esters is 1. The predicted molar refractivity (Wildman–Crippen MR) is 389 cm³/mol. The van der Waals surface area contributed by atoms with Gasteiger partial charge in [0.2, 0.25) is 5.91 Å². The van der Waals surface area contributed by atoms with Crippen molar-refractivity contribution < 1.29 is 24.5 Å². The van der Waals surface area contributed by atoms with Gasteiger partial charge in [-0.25, -0.2) is 0 Å². The van der Waals surface area contributed by atoms with Crippen LogP contribution in [0.25, 0.3) is 0 Å². The minimum Gasteiger partial charge on any atom is -0.466 e. The van der Waals surface area contributed by atoms with Crippen LogP contribution in [0.4, 0.5) is 0 Å². The second kappa shape index (κ2) is 77.8. The van der Waals surface area contributed by atoms with Crippen molar-refractivity contribution >= 4 is 11.9 Å². The molecule has 6 nitrogen and oxygen atoms in total. The molecule has 6 heteroatoms. The fourth-order valence-electron chi connectivity index (χ4n) is 13.0. The molecule has 2 unspecified atom stereocenters. The van der Waals surface area contributed by atoms with Crippen molar-refractivity contribution in [3.05, 3.63) is 24.3 Å². The first kappa shape index (κ1) is 86.3. The first-order chi connectivity index (χ1) is 43.5. The van der Waals surface area contributed by atoms with Gasteiger partial charge >= 0.3 is 5.97 Å². The summed E-state index contributed by atoms with van der Waals surface area (Å²) in [6.45, 7) is 4.96. The molecule has 0 bridgehead atoms. The number of carbonyl (C=O) groups excluding carboxylic acids is 2. The highest BCUT2D eigenvalue weighted by Crippen LogP contribution is 2.20. The van der Waals surface area contributed by atoms with E-state index in [1.807, 2.05) is 6.08 Å². The van der Waals surface area contributed by atoms with E-state index in [1.165, 1.54) is 398 Å². The molecule has 0 aliphatic carbocycles. The molecule has 0 spiro atoms. The number of unbranched alkanes of at least 4 members (excludes halogenated alkanes) is 64. The Balaban J connectivity index is 3.37. The Kier molecular flexibility index (Phi) is 76.3. The molecule has 522 valence electrons. The quantitative estimate of drug-likeness (QED) is 0.0320. The molecule has 0 heterocycles. The summed E-state index contributed by atoms with van der Waals surface area (Å²) in [7, 11) is 0. The lowest BCUT2D eigenvalue weighted by atomic mass is 10.0. The summed E-state index contributed by atoms with van der Waals surface area (Å²) in [6.07, 6.45) is 100. The molecule has 0 rings (SSSR count). The third kappa shape index (κ3) is 73.4. The zero-order valence-corrected chi connectivity index (χ0v) is 60.0. The van der Waals surface area contributed by atoms with Crippen LogP contribution in [0.15, 0.2) is 24.3 Å². The summed E-state index contributed by atoms with van der Waals surface area (Å²) in [6, 6.07) is -0.627. The van der Waals surface area contributed by atoms with E-state index in [-0.39, 0.29) is 18.5 Å². The minimum absolute atomic E-state index is 0.0219. The first-order valence-corrected chi connectivity index (χ1v) is 40.6. The molecule has 0 aliphatic rings. The van der Waals surface area contributed by atoms with Gasteiger partial charge in [-0.2, -0.15) is 0 Å². The van der Waals surface area contributed by atoms with E-state index in [0.29, 0.717) is 19.4 Å². The van der Waals surface area contributed by atoms with Crippen LogP contribution in [0.3, 0.4) is 0 Å². The standard InChI is InChI=1S/C82H159NO5/c1-3-5-7-9-11-13-15-17-19-20-21-22-23-34-37-40-43-47-50-54-58-62-66-70-74-80(85)79(78-84)83-81(86)75-71-67-63-59-55-51-48-44-41-38-35-32-30-28-26-24-25-27-29-31-33-36-39-42-45-49-53-57-61-65-69-73-77-88-82(87)76-72-68-64-60-56-52-46-18-16-14-12-10-8-6-4-2/h27,29,70,74,79-80,84-85H,3-26,28,30-69,71-73,75-78H2,1-2H3,(H,83,86)/b29-27-,74-70+. The lowest BCUT2D eigenvalue weighted by molar-refractivity contribution is -0.143. The summed E-state index contributed by atoms with van der Waals surface area (Å²) in [5.74, 6) is -0.0379. The van der Waals surface area contributed by atoms with Gasteiger partial charge in [0.05, 0.1) is 25.4 Å². The Bertz CT molecular complexity index is 1380. The molecule has 3 N–H and O–H groups in total. The van der Waals surface area contributed by atoms with Gasteiger partial charge in [0.1, 0.15) is 0 Å². The molecule has 2 atom stereocenters. The Hall–Kier alpha value is -1.66. The predicted octanol–water partition coefficient (Wildman–Crippen LogP) is 26.8. The monoisotopic (exact) mass is 1240 g/mol. The van der Waals surface area contributed by atoms with E-state index in [9.17, 15) is 19.8 Å². The van der Waals surface area contributed by atoms with Crippen LogP contribution in [0.1, 0.15) is 463 Å². The van der Waals surface area contributed by atoms with Crippen LogP contribution in [0.5, 0.6) is 0 Å². The van der Waals surface area contributed by atoms with Crippen molar-refractivity contribution in [3.8, 4) is 0 Å². The van der Waals surface area contributed by atoms with Crippen molar-refractivity contribution in [2.24, 2.45) is 0 Å².